The van der Waals surface area contributed by atoms with E-state index in [0.717, 1.165) is 0 Å². The van der Waals surface area contributed by atoms with Crippen LogP contribution in [0.15, 0.2) is 24.3 Å². The van der Waals surface area contributed by atoms with Crippen LogP contribution in [0.25, 0.3) is 0 Å². The molecule has 0 aromatic heterocycles. The number of fused-ring (bicyclic) bond motifs is 1. The van der Waals surface area contributed by atoms with Crippen LogP contribution in [0.5, 0.6) is 11.5 Å². The van der Waals surface area contributed by atoms with Gasteiger partial charge in [-0.25, -0.2) is 0 Å². The van der Waals surface area contributed by atoms with Gasteiger partial charge in [0, 0.05) is 6.54 Å². The van der Waals surface area contributed by atoms with Crippen LogP contribution in [0.2, 0.25) is 0 Å². The average Bonchev–Trinajstić information content (AvgIpc) is 2.43. The van der Waals surface area contributed by atoms with Crippen LogP contribution in [0.1, 0.15) is 13.8 Å². The molecule has 5 heteroatoms. The third-order valence-corrected chi connectivity index (χ3v) is 3.65. The molecule has 2 rings (SSSR count). The van der Waals surface area contributed by atoms with Crippen LogP contribution in [-0.2, 0) is 4.79 Å². The maximum Gasteiger partial charge on any atom is 0.264 e. The van der Waals surface area contributed by atoms with Crippen molar-refractivity contribution >= 4 is 17.5 Å². The summed E-state index contributed by atoms with van der Waals surface area (Å²) < 4.78 is 11.1. The lowest BCUT2D eigenvalue weighted by atomic mass is 10.1. The average molecular weight is 284 g/mol. The van der Waals surface area contributed by atoms with E-state index in [-0.39, 0.29) is 17.9 Å². The molecule has 2 atom stereocenters. The van der Waals surface area contributed by atoms with Crippen molar-refractivity contribution in [2.24, 2.45) is 5.92 Å². The molecule has 1 N–H and O–H groups in total. The minimum absolute atomic E-state index is 0.0826. The fourth-order valence-electron chi connectivity index (χ4n) is 1.70. The van der Waals surface area contributed by atoms with E-state index in [2.05, 4.69) is 5.32 Å². The second-order valence-corrected chi connectivity index (χ2v) is 5.43. The van der Waals surface area contributed by atoms with Gasteiger partial charge in [-0.05, 0) is 18.1 Å². The van der Waals surface area contributed by atoms with Gasteiger partial charge in [0.25, 0.3) is 5.91 Å². The van der Waals surface area contributed by atoms with Gasteiger partial charge in [0.05, 0.1) is 5.38 Å². The summed E-state index contributed by atoms with van der Waals surface area (Å²) in [7, 11) is 0. The molecule has 2 unspecified atom stereocenters. The third kappa shape index (κ3) is 3.53. The number of hydrogen-bond acceptors (Lipinski definition) is 3. The molecule has 0 saturated carbocycles. The predicted molar refractivity (Wildman–Crippen MR) is 73.8 cm³/mol. The molecule has 1 heterocycles. The first kappa shape index (κ1) is 14.0. The van der Waals surface area contributed by atoms with Crippen molar-refractivity contribution in [2.45, 2.75) is 25.3 Å². The lowest BCUT2D eigenvalue weighted by Gasteiger charge is -2.26. The van der Waals surface area contributed by atoms with Crippen LogP contribution in [0, 0.1) is 5.92 Å². The third-order valence-electron chi connectivity index (χ3n) is 3.00. The number of carbonyl (C=O) groups is 1. The lowest BCUT2D eigenvalue weighted by Crippen LogP contribution is -2.45. The zero-order valence-corrected chi connectivity index (χ0v) is 11.8. The number of alkyl halides is 1. The Morgan fingerprint density at radius 1 is 1.42 bits per heavy atom. The zero-order chi connectivity index (χ0) is 13.8. The second kappa shape index (κ2) is 6.15. The molecule has 104 valence electrons. The first-order valence-electron chi connectivity index (χ1n) is 6.38. The van der Waals surface area contributed by atoms with Gasteiger partial charge >= 0.3 is 0 Å². The van der Waals surface area contributed by atoms with Crippen LogP contribution < -0.4 is 14.8 Å². The summed E-state index contributed by atoms with van der Waals surface area (Å²) in [6, 6.07) is 7.31. The highest BCUT2D eigenvalue weighted by atomic mass is 35.5. The van der Waals surface area contributed by atoms with Crippen LogP contribution in [0.3, 0.4) is 0 Å². The molecule has 0 saturated heterocycles. The Morgan fingerprint density at radius 2 is 2.11 bits per heavy atom. The Hall–Kier alpha value is -1.42. The van der Waals surface area contributed by atoms with Crippen molar-refractivity contribution in [3.63, 3.8) is 0 Å². The van der Waals surface area contributed by atoms with Gasteiger partial charge in [-0.3, -0.25) is 4.79 Å². The summed E-state index contributed by atoms with van der Waals surface area (Å²) in [5.74, 6) is 1.39. The topological polar surface area (TPSA) is 47.6 Å². The standard InChI is InChI=1S/C14H18ClNO3/c1-9(2)10(15)7-16-14(17)13-8-18-11-5-3-4-6-12(11)19-13/h3-6,9-10,13H,7-8H2,1-2H3,(H,16,17). The van der Waals surface area contributed by atoms with Crippen molar-refractivity contribution in [1.29, 1.82) is 0 Å². The van der Waals surface area contributed by atoms with Crippen molar-refractivity contribution in [2.75, 3.05) is 13.2 Å². The number of halogens is 1. The molecule has 4 nitrogen and oxygen atoms in total. The number of para-hydroxylation sites is 2. The summed E-state index contributed by atoms with van der Waals surface area (Å²) in [6.45, 7) is 4.68. The summed E-state index contributed by atoms with van der Waals surface area (Å²) >= 11 is 6.09. The molecule has 0 spiro atoms. The number of benzene rings is 1. The monoisotopic (exact) mass is 283 g/mol. The largest absolute Gasteiger partial charge is 0.485 e. The van der Waals surface area contributed by atoms with E-state index < -0.39 is 6.10 Å². The fraction of sp³-hybridized carbons (Fsp3) is 0.500. The Balaban J connectivity index is 1.89. The van der Waals surface area contributed by atoms with Crippen molar-refractivity contribution < 1.29 is 14.3 Å². The highest BCUT2D eigenvalue weighted by molar-refractivity contribution is 6.21. The maximum atomic E-state index is 12.0. The zero-order valence-electron chi connectivity index (χ0n) is 11.1. The van der Waals surface area contributed by atoms with E-state index in [0.29, 0.717) is 24.0 Å². The molecule has 1 amide bonds. The molecule has 19 heavy (non-hydrogen) atoms. The number of ether oxygens (including phenoxy) is 2. The molecule has 1 aliphatic heterocycles. The van der Waals surface area contributed by atoms with E-state index in [1.165, 1.54) is 0 Å². The van der Waals surface area contributed by atoms with Crippen molar-refractivity contribution in [3.8, 4) is 11.5 Å². The molecule has 0 fully saturated rings. The van der Waals surface area contributed by atoms with E-state index in [1.54, 1.807) is 6.07 Å². The van der Waals surface area contributed by atoms with Gasteiger partial charge in [0.1, 0.15) is 6.61 Å². The van der Waals surface area contributed by atoms with Gasteiger partial charge in [0.2, 0.25) is 6.10 Å². The van der Waals surface area contributed by atoms with Crippen LogP contribution in [0.4, 0.5) is 0 Å². The number of hydrogen-bond donors (Lipinski definition) is 1. The summed E-state index contributed by atoms with van der Waals surface area (Å²) in [4.78, 5) is 12.0. The van der Waals surface area contributed by atoms with E-state index in [1.807, 2.05) is 32.0 Å². The first-order chi connectivity index (χ1) is 9.08. The number of rotatable bonds is 4. The van der Waals surface area contributed by atoms with E-state index in [4.69, 9.17) is 21.1 Å². The number of carbonyl (C=O) groups excluding carboxylic acids is 1. The summed E-state index contributed by atoms with van der Waals surface area (Å²) in [6.07, 6.45) is -0.620. The molecule has 0 bridgehead atoms. The molecule has 0 radical (unpaired) electrons. The van der Waals surface area contributed by atoms with Gasteiger partial charge in [-0.2, -0.15) is 0 Å². The Morgan fingerprint density at radius 3 is 2.79 bits per heavy atom. The van der Waals surface area contributed by atoms with Crippen molar-refractivity contribution in [1.82, 2.24) is 5.32 Å². The fourth-order valence-corrected chi connectivity index (χ4v) is 1.77. The summed E-state index contributed by atoms with van der Waals surface area (Å²) in [5.41, 5.74) is 0. The minimum atomic E-state index is -0.620. The van der Waals surface area contributed by atoms with Crippen LogP contribution >= 0.6 is 11.6 Å². The highest BCUT2D eigenvalue weighted by Crippen LogP contribution is 2.30. The SMILES string of the molecule is CC(C)C(Cl)CNC(=O)C1COc2ccccc2O1. The van der Waals surface area contributed by atoms with Crippen molar-refractivity contribution in [3.05, 3.63) is 24.3 Å². The summed E-state index contributed by atoms with van der Waals surface area (Å²) in [5, 5.41) is 2.71. The van der Waals surface area contributed by atoms with E-state index >= 15 is 0 Å². The molecule has 1 aromatic carbocycles. The number of amides is 1. The lowest BCUT2D eigenvalue weighted by molar-refractivity contribution is -0.130. The Bertz CT molecular complexity index is 450. The molecule has 1 aliphatic rings. The number of nitrogens with one attached hydrogen (secondary N) is 1. The molecule has 1 aromatic rings. The molecular formula is C14H18ClNO3. The van der Waals surface area contributed by atoms with Gasteiger partial charge in [0.15, 0.2) is 11.5 Å². The van der Waals surface area contributed by atoms with E-state index in [9.17, 15) is 4.79 Å². The second-order valence-electron chi connectivity index (χ2n) is 4.87. The van der Waals surface area contributed by atoms with Gasteiger partial charge < -0.3 is 14.8 Å². The van der Waals surface area contributed by atoms with Gasteiger partial charge in [-0.1, -0.05) is 26.0 Å². The molecule has 0 aliphatic carbocycles. The smallest absolute Gasteiger partial charge is 0.264 e. The maximum absolute atomic E-state index is 12.0. The Kier molecular flexibility index (Phi) is 4.53. The first-order valence-corrected chi connectivity index (χ1v) is 6.82. The van der Waals surface area contributed by atoms with Gasteiger partial charge in [-0.15, -0.1) is 11.6 Å². The highest BCUT2D eigenvalue weighted by Gasteiger charge is 2.27. The van der Waals surface area contributed by atoms with Crippen LogP contribution in [-0.4, -0.2) is 30.5 Å². The Labute approximate surface area is 118 Å². The normalized spacial score (nSPS) is 19.1. The minimum Gasteiger partial charge on any atom is -0.485 e. The quantitative estimate of drug-likeness (QED) is 0.862. The predicted octanol–water partition coefficient (Wildman–Crippen LogP) is 2.21. The molecular weight excluding hydrogens is 266 g/mol.